The fraction of sp³-hybridized carbons (Fsp3) is 0.556. The number of nitrogen functional groups attached to an aromatic ring is 1. The highest BCUT2D eigenvalue weighted by Crippen LogP contribution is 2.26. The summed E-state index contributed by atoms with van der Waals surface area (Å²) in [4.78, 5) is 13.8. The lowest BCUT2D eigenvalue weighted by atomic mass is 9.89. The Kier molecular flexibility index (Phi) is 5.15. The largest absolute Gasteiger partial charge is 0.444 e. The number of ether oxygens (including phenoxy) is 1. The number of likely N-dealkylation sites (tertiary alicyclic amines) is 1. The van der Waals surface area contributed by atoms with E-state index in [4.69, 9.17) is 15.7 Å². The Morgan fingerprint density at radius 2 is 2.04 bits per heavy atom. The molecule has 2 N–H and O–H groups in total. The molecule has 0 unspecified atom stereocenters. The number of nitriles is 1. The number of nitrogens with two attached hydrogens (primary N) is 1. The second-order valence-corrected chi connectivity index (χ2v) is 7.11. The molecule has 0 spiro atoms. The molecule has 1 amide bonds. The predicted octanol–water partition coefficient (Wildman–Crippen LogP) is 3.33. The van der Waals surface area contributed by atoms with Crippen molar-refractivity contribution in [2.24, 2.45) is 5.92 Å². The van der Waals surface area contributed by atoms with Gasteiger partial charge in [0.05, 0.1) is 11.3 Å². The molecule has 5 heteroatoms. The maximum absolute atomic E-state index is 12.1. The summed E-state index contributed by atoms with van der Waals surface area (Å²) in [6.45, 7) is 7.04. The lowest BCUT2D eigenvalue weighted by Crippen LogP contribution is -2.42. The molecule has 1 aliphatic heterocycles. The van der Waals surface area contributed by atoms with Crippen LogP contribution in [0.4, 0.5) is 10.5 Å². The zero-order valence-corrected chi connectivity index (χ0v) is 14.1. The highest BCUT2D eigenvalue weighted by molar-refractivity contribution is 5.68. The molecule has 1 aliphatic rings. The summed E-state index contributed by atoms with van der Waals surface area (Å²) in [6.07, 6.45) is 2.47. The van der Waals surface area contributed by atoms with Gasteiger partial charge in [-0.2, -0.15) is 5.26 Å². The first-order valence-corrected chi connectivity index (χ1v) is 8.05. The summed E-state index contributed by atoms with van der Waals surface area (Å²) in [7, 11) is 0. The summed E-state index contributed by atoms with van der Waals surface area (Å²) >= 11 is 0. The Morgan fingerprint density at radius 1 is 1.39 bits per heavy atom. The van der Waals surface area contributed by atoms with Crippen LogP contribution in [0, 0.1) is 17.2 Å². The van der Waals surface area contributed by atoms with Crippen molar-refractivity contribution < 1.29 is 9.53 Å². The van der Waals surface area contributed by atoms with Gasteiger partial charge in [-0.3, -0.25) is 0 Å². The molecule has 0 aromatic heterocycles. The van der Waals surface area contributed by atoms with E-state index < -0.39 is 5.60 Å². The SMILES string of the molecule is CC(C)(C)OC(=O)N1CCC(Cc2cccc(C#N)c2N)CC1. The second kappa shape index (κ2) is 6.91. The maximum Gasteiger partial charge on any atom is 0.410 e. The number of carbonyl (C=O) groups is 1. The first-order chi connectivity index (χ1) is 10.8. The molecule has 1 fully saturated rings. The Bertz CT molecular complexity index is 606. The first kappa shape index (κ1) is 17.1. The van der Waals surface area contributed by atoms with Crippen molar-refractivity contribution >= 4 is 11.8 Å². The number of para-hydroxylation sites is 1. The van der Waals surface area contributed by atoms with Gasteiger partial charge >= 0.3 is 6.09 Å². The number of hydrogen-bond donors (Lipinski definition) is 1. The van der Waals surface area contributed by atoms with Gasteiger partial charge in [-0.1, -0.05) is 12.1 Å². The summed E-state index contributed by atoms with van der Waals surface area (Å²) in [5.74, 6) is 0.477. The van der Waals surface area contributed by atoms with Gasteiger partial charge in [0.2, 0.25) is 0 Å². The Balaban J connectivity index is 1.91. The van der Waals surface area contributed by atoms with Crippen molar-refractivity contribution in [3.8, 4) is 6.07 Å². The van der Waals surface area contributed by atoms with Crippen molar-refractivity contribution in [2.45, 2.75) is 45.6 Å². The number of carbonyl (C=O) groups excluding carboxylic acids is 1. The summed E-state index contributed by atoms with van der Waals surface area (Å²) in [5.41, 5.74) is 7.74. The van der Waals surface area contributed by atoms with Crippen molar-refractivity contribution in [1.82, 2.24) is 4.90 Å². The Hall–Kier alpha value is -2.22. The van der Waals surface area contributed by atoms with Gasteiger partial charge in [-0.25, -0.2) is 4.79 Å². The highest BCUT2D eigenvalue weighted by atomic mass is 16.6. The van der Waals surface area contributed by atoms with Crippen LogP contribution >= 0.6 is 0 Å². The minimum absolute atomic E-state index is 0.234. The predicted molar refractivity (Wildman–Crippen MR) is 89.8 cm³/mol. The van der Waals surface area contributed by atoms with Crippen LogP contribution in [-0.4, -0.2) is 29.7 Å². The molecular weight excluding hydrogens is 290 g/mol. The van der Waals surface area contributed by atoms with E-state index in [-0.39, 0.29) is 6.09 Å². The summed E-state index contributed by atoms with van der Waals surface area (Å²) < 4.78 is 5.41. The number of piperidine rings is 1. The smallest absolute Gasteiger partial charge is 0.410 e. The third-order valence-corrected chi connectivity index (χ3v) is 4.09. The molecule has 0 atom stereocenters. The van der Waals surface area contributed by atoms with Gasteiger partial charge in [-0.05, 0) is 57.6 Å². The standard InChI is InChI=1S/C18H25N3O2/c1-18(2,3)23-17(22)21-9-7-13(8-10-21)11-14-5-4-6-15(12-19)16(14)20/h4-6,13H,7-11,20H2,1-3H3. The lowest BCUT2D eigenvalue weighted by Gasteiger charge is -2.33. The summed E-state index contributed by atoms with van der Waals surface area (Å²) in [6, 6.07) is 7.72. The molecule has 0 radical (unpaired) electrons. The molecule has 1 aromatic rings. The number of amides is 1. The van der Waals surface area contributed by atoms with E-state index in [2.05, 4.69) is 6.07 Å². The second-order valence-electron chi connectivity index (χ2n) is 7.11. The van der Waals surface area contributed by atoms with E-state index >= 15 is 0 Å². The van der Waals surface area contributed by atoms with Gasteiger partial charge < -0.3 is 15.4 Å². The molecule has 2 rings (SSSR count). The van der Waals surface area contributed by atoms with Gasteiger partial charge in [-0.15, -0.1) is 0 Å². The van der Waals surface area contributed by atoms with Crippen LogP contribution in [0.1, 0.15) is 44.7 Å². The van der Waals surface area contributed by atoms with Crippen molar-refractivity contribution in [3.05, 3.63) is 29.3 Å². The number of anilines is 1. The van der Waals surface area contributed by atoms with Crippen molar-refractivity contribution in [3.63, 3.8) is 0 Å². The van der Waals surface area contributed by atoms with Gasteiger partial charge in [0.25, 0.3) is 0 Å². The molecule has 0 saturated carbocycles. The van der Waals surface area contributed by atoms with Crippen LogP contribution < -0.4 is 5.73 Å². The van der Waals surface area contributed by atoms with Gasteiger partial charge in [0.15, 0.2) is 0 Å². The Labute approximate surface area is 138 Å². The fourth-order valence-electron chi connectivity index (χ4n) is 2.85. The molecule has 1 aromatic carbocycles. The highest BCUT2D eigenvalue weighted by Gasteiger charge is 2.27. The molecule has 0 aliphatic carbocycles. The average molecular weight is 315 g/mol. The van der Waals surface area contributed by atoms with E-state index in [0.29, 0.717) is 30.3 Å². The van der Waals surface area contributed by atoms with Crippen LogP contribution in [0.15, 0.2) is 18.2 Å². The van der Waals surface area contributed by atoms with E-state index in [1.807, 2.05) is 32.9 Å². The van der Waals surface area contributed by atoms with E-state index in [0.717, 1.165) is 24.8 Å². The quantitative estimate of drug-likeness (QED) is 0.849. The molecule has 23 heavy (non-hydrogen) atoms. The van der Waals surface area contributed by atoms with Crippen LogP contribution in [-0.2, 0) is 11.2 Å². The topological polar surface area (TPSA) is 79.3 Å². The average Bonchev–Trinajstić information content (AvgIpc) is 2.48. The maximum atomic E-state index is 12.1. The number of benzene rings is 1. The normalized spacial score (nSPS) is 16.0. The van der Waals surface area contributed by atoms with Crippen LogP contribution in [0.25, 0.3) is 0 Å². The minimum atomic E-state index is -0.458. The van der Waals surface area contributed by atoms with E-state index in [9.17, 15) is 4.79 Å². The molecule has 1 heterocycles. The fourth-order valence-corrected chi connectivity index (χ4v) is 2.85. The lowest BCUT2D eigenvalue weighted by molar-refractivity contribution is 0.0184. The molecule has 0 bridgehead atoms. The zero-order valence-electron chi connectivity index (χ0n) is 14.1. The third kappa shape index (κ3) is 4.62. The zero-order chi connectivity index (χ0) is 17.0. The monoisotopic (exact) mass is 315 g/mol. The number of hydrogen-bond acceptors (Lipinski definition) is 4. The van der Waals surface area contributed by atoms with Gasteiger partial charge in [0, 0.05) is 13.1 Å². The van der Waals surface area contributed by atoms with Crippen LogP contribution in [0.5, 0.6) is 0 Å². The minimum Gasteiger partial charge on any atom is -0.444 e. The van der Waals surface area contributed by atoms with Gasteiger partial charge in [0.1, 0.15) is 11.7 Å². The molecule has 1 saturated heterocycles. The van der Waals surface area contributed by atoms with E-state index in [1.165, 1.54) is 0 Å². The summed E-state index contributed by atoms with van der Waals surface area (Å²) in [5, 5.41) is 9.05. The third-order valence-electron chi connectivity index (χ3n) is 4.09. The first-order valence-electron chi connectivity index (χ1n) is 8.05. The van der Waals surface area contributed by atoms with Crippen molar-refractivity contribution in [2.75, 3.05) is 18.8 Å². The molecule has 5 nitrogen and oxygen atoms in total. The number of nitrogens with zero attached hydrogens (tertiary/aromatic N) is 2. The van der Waals surface area contributed by atoms with Crippen LogP contribution in [0.3, 0.4) is 0 Å². The molecular formula is C18H25N3O2. The molecule has 124 valence electrons. The van der Waals surface area contributed by atoms with Crippen LogP contribution in [0.2, 0.25) is 0 Å². The van der Waals surface area contributed by atoms with Crippen molar-refractivity contribution in [1.29, 1.82) is 5.26 Å². The number of rotatable bonds is 2. The van der Waals surface area contributed by atoms with E-state index in [1.54, 1.807) is 11.0 Å². The Morgan fingerprint density at radius 3 is 2.61 bits per heavy atom.